The van der Waals surface area contributed by atoms with E-state index in [0.29, 0.717) is 12.1 Å². The maximum atomic E-state index is 5.53. The predicted octanol–water partition coefficient (Wildman–Crippen LogP) is 0.577. The summed E-state index contributed by atoms with van der Waals surface area (Å²) in [6.45, 7) is 4.70. The Morgan fingerprint density at radius 3 is 3.07 bits per heavy atom. The number of fused-ring (bicyclic) bond motifs is 3. The second-order valence-corrected chi connectivity index (χ2v) is 4.31. The van der Waals surface area contributed by atoms with Crippen molar-refractivity contribution < 1.29 is 4.74 Å². The summed E-state index contributed by atoms with van der Waals surface area (Å²) in [5.41, 5.74) is 2.43. The molecule has 1 fully saturated rings. The van der Waals surface area contributed by atoms with Gasteiger partial charge in [0.25, 0.3) is 0 Å². The van der Waals surface area contributed by atoms with E-state index in [1.54, 1.807) is 0 Å². The van der Waals surface area contributed by atoms with Crippen molar-refractivity contribution >= 4 is 0 Å². The Hall–Kier alpha value is -0.870. The van der Waals surface area contributed by atoms with E-state index in [0.717, 1.165) is 25.5 Å². The van der Waals surface area contributed by atoms with Gasteiger partial charge in [0.15, 0.2) is 0 Å². The van der Waals surface area contributed by atoms with Crippen LogP contribution in [0.5, 0.6) is 0 Å². The Bertz CT molecular complexity index is 360. The first-order valence-corrected chi connectivity index (χ1v) is 5.09. The highest BCUT2D eigenvalue weighted by atomic mass is 16.5. The van der Waals surface area contributed by atoms with Crippen LogP contribution < -0.4 is 0 Å². The fraction of sp³-hybridized carbons (Fsp3) is 0.700. The molecule has 0 saturated carbocycles. The third-order valence-corrected chi connectivity index (χ3v) is 3.25. The van der Waals surface area contributed by atoms with Crippen molar-refractivity contribution in [2.24, 2.45) is 0 Å². The zero-order valence-corrected chi connectivity index (χ0v) is 8.60. The predicted molar refractivity (Wildman–Crippen MR) is 52.1 cm³/mol. The number of nitrogens with zero attached hydrogens (tertiary/aromatic N) is 3. The van der Waals surface area contributed by atoms with E-state index in [1.807, 2.05) is 0 Å². The summed E-state index contributed by atoms with van der Waals surface area (Å²) in [5.74, 6) is 0. The summed E-state index contributed by atoms with van der Waals surface area (Å²) in [5, 5.41) is 4.54. The first-order valence-electron chi connectivity index (χ1n) is 5.09. The molecule has 0 radical (unpaired) electrons. The van der Waals surface area contributed by atoms with Gasteiger partial charge >= 0.3 is 0 Å². The molecule has 1 aromatic heterocycles. The maximum Gasteiger partial charge on any atom is 0.0933 e. The van der Waals surface area contributed by atoms with Crippen LogP contribution in [0.1, 0.15) is 17.4 Å². The number of hydrogen-bond donors (Lipinski definition) is 0. The lowest BCUT2D eigenvalue weighted by Crippen LogP contribution is -2.43. The minimum Gasteiger partial charge on any atom is -0.377 e. The van der Waals surface area contributed by atoms with Gasteiger partial charge in [0.05, 0.1) is 36.7 Å². The van der Waals surface area contributed by atoms with Crippen LogP contribution >= 0.6 is 0 Å². The highest BCUT2D eigenvalue weighted by Crippen LogP contribution is 2.30. The number of ether oxygens (including phenoxy) is 1. The van der Waals surface area contributed by atoms with Gasteiger partial charge in [-0.3, -0.25) is 9.58 Å². The minimum absolute atomic E-state index is 0.428. The molecule has 0 bridgehead atoms. The van der Waals surface area contributed by atoms with Gasteiger partial charge in [-0.2, -0.15) is 5.10 Å². The number of hydrogen-bond acceptors (Lipinski definition) is 3. The summed E-state index contributed by atoms with van der Waals surface area (Å²) in [6.07, 6.45) is 0. The molecule has 0 amide bonds. The van der Waals surface area contributed by atoms with Crippen molar-refractivity contribution in [3.05, 3.63) is 17.5 Å². The molecule has 0 unspecified atom stereocenters. The fourth-order valence-corrected chi connectivity index (χ4v) is 2.53. The van der Waals surface area contributed by atoms with Gasteiger partial charge in [-0.25, -0.2) is 0 Å². The first-order chi connectivity index (χ1) is 6.75. The molecule has 1 saturated heterocycles. The Morgan fingerprint density at radius 2 is 2.21 bits per heavy atom. The smallest absolute Gasteiger partial charge is 0.0933 e. The molecule has 2 aliphatic heterocycles. The molecular formula is C10H15N3O. The quantitative estimate of drug-likeness (QED) is 0.603. The standard InChI is InChI=1S/C10H15N3O/c1-7-3-8-4-12(2)9-5-14-6-10(9)13(8)11-7/h3,9-10H,4-6H2,1-2H3/t9-,10+/m1/s1. The largest absolute Gasteiger partial charge is 0.377 e. The third kappa shape index (κ3) is 1.04. The molecule has 0 N–H and O–H groups in total. The summed E-state index contributed by atoms with van der Waals surface area (Å²) in [7, 11) is 2.16. The first kappa shape index (κ1) is 8.44. The Balaban J connectivity index is 2.06. The van der Waals surface area contributed by atoms with Gasteiger partial charge in [0.1, 0.15) is 0 Å². The average molecular weight is 193 g/mol. The second kappa shape index (κ2) is 2.81. The molecule has 76 valence electrons. The van der Waals surface area contributed by atoms with Gasteiger partial charge in [0, 0.05) is 6.54 Å². The van der Waals surface area contributed by atoms with E-state index in [2.05, 4.69) is 34.7 Å². The number of aryl methyl sites for hydroxylation is 1. The average Bonchev–Trinajstić information content (AvgIpc) is 2.69. The molecule has 2 atom stereocenters. The van der Waals surface area contributed by atoms with Crippen molar-refractivity contribution in [1.82, 2.24) is 14.7 Å². The lowest BCUT2D eigenvalue weighted by Gasteiger charge is -2.34. The van der Waals surface area contributed by atoms with E-state index in [4.69, 9.17) is 4.74 Å². The molecule has 4 nitrogen and oxygen atoms in total. The van der Waals surface area contributed by atoms with Crippen LogP contribution in [0.15, 0.2) is 6.07 Å². The number of rotatable bonds is 0. The normalized spacial score (nSPS) is 31.6. The third-order valence-electron chi connectivity index (χ3n) is 3.25. The van der Waals surface area contributed by atoms with E-state index in [-0.39, 0.29) is 0 Å². The molecule has 3 heterocycles. The van der Waals surface area contributed by atoms with Crippen LogP contribution in [0.4, 0.5) is 0 Å². The van der Waals surface area contributed by atoms with Crippen LogP contribution in [-0.2, 0) is 11.3 Å². The van der Waals surface area contributed by atoms with Crippen LogP contribution in [0.25, 0.3) is 0 Å². The molecule has 2 aliphatic rings. The van der Waals surface area contributed by atoms with E-state index in [9.17, 15) is 0 Å². The maximum absolute atomic E-state index is 5.53. The lowest BCUT2D eigenvalue weighted by molar-refractivity contribution is 0.143. The fourth-order valence-electron chi connectivity index (χ4n) is 2.53. The van der Waals surface area contributed by atoms with Crippen LogP contribution in [0, 0.1) is 6.92 Å². The van der Waals surface area contributed by atoms with Gasteiger partial charge in [-0.15, -0.1) is 0 Å². The van der Waals surface area contributed by atoms with Gasteiger partial charge < -0.3 is 4.74 Å². The Morgan fingerprint density at radius 1 is 1.43 bits per heavy atom. The topological polar surface area (TPSA) is 30.3 Å². The highest BCUT2D eigenvalue weighted by molar-refractivity contribution is 5.14. The SMILES string of the molecule is Cc1cc2n(n1)[C@H]1COC[C@H]1N(C)C2. The van der Waals surface area contributed by atoms with Crippen molar-refractivity contribution in [2.45, 2.75) is 25.6 Å². The van der Waals surface area contributed by atoms with Crippen molar-refractivity contribution in [3.63, 3.8) is 0 Å². The summed E-state index contributed by atoms with van der Waals surface area (Å²) >= 11 is 0. The van der Waals surface area contributed by atoms with E-state index >= 15 is 0 Å². The van der Waals surface area contributed by atoms with Gasteiger partial charge in [-0.1, -0.05) is 0 Å². The van der Waals surface area contributed by atoms with E-state index < -0.39 is 0 Å². The highest BCUT2D eigenvalue weighted by Gasteiger charge is 2.38. The molecule has 3 rings (SSSR count). The zero-order valence-electron chi connectivity index (χ0n) is 8.60. The van der Waals surface area contributed by atoms with Crippen molar-refractivity contribution in [3.8, 4) is 0 Å². The van der Waals surface area contributed by atoms with Crippen LogP contribution in [0.3, 0.4) is 0 Å². The van der Waals surface area contributed by atoms with Crippen molar-refractivity contribution in [1.29, 1.82) is 0 Å². The molecular weight excluding hydrogens is 178 g/mol. The summed E-state index contributed by atoms with van der Waals surface area (Å²) in [6, 6.07) is 3.12. The lowest BCUT2D eigenvalue weighted by atomic mass is 10.1. The molecule has 14 heavy (non-hydrogen) atoms. The molecule has 1 aromatic rings. The number of likely N-dealkylation sites (N-methyl/N-ethyl adjacent to an activating group) is 1. The van der Waals surface area contributed by atoms with Crippen LogP contribution in [-0.4, -0.2) is 41.0 Å². The Labute approximate surface area is 83.5 Å². The van der Waals surface area contributed by atoms with Gasteiger partial charge in [0.2, 0.25) is 0 Å². The molecule has 4 heteroatoms. The van der Waals surface area contributed by atoms with Gasteiger partial charge in [-0.05, 0) is 20.0 Å². The monoisotopic (exact) mass is 193 g/mol. The van der Waals surface area contributed by atoms with E-state index in [1.165, 1.54) is 5.69 Å². The molecule has 0 aromatic carbocycles. The summed E-state index contributed by atoms with van der Waals surface area (Å²) < 4.78 is 7.69. The number of aromatic nitrogens is 2. The Kier molecular flexibility index (Phi) is 1.69. The van der Waals surface area contributed by atoms with Crippen LogP contribution in [0.2, 0.25) is 0 Å². The molecule has 0 spiro atoms. The summed E-state index contributed by atoms with van der Waals surface area (Å²) in [4.78, 5) is 2.37. The second-order valence-electron chi connectivity index (χ2n) is 4.31. The molecule has 0 aliphatic carbocycles. The van der Waals surface area contributed by atoms with Crippen molar-refractivity contribution in [2.75, 3.05) is 20.3 Å². The zero-order chi connectivity index (χ0) is 9.71. The minimum atomic E-state index is 0.428.